The monoisotopic (exact) mass is 228 g/mol. The third-order valence-electron chi connectivity index (χ3n) is 1.88. The van der Waals surface area contributed by atoms with Gasteiger partial charge in [-0.3, -0.25) is 4.57 Å². The first-order valence-electron chi connectivity index (χ1n) is 4.06. The number of aromatic nitrogens is 1. The van der Waals surface area contributed by atoms with E-state index in [1.165, 1.54) is 0 Å². The van der Waals surface area contributed by atoms with E-state index in [0.717, 1.165) is 4.57 Å². The van der Waals surface area contributed by atoms with E-state index >= 15 is 0 Å². The highest BCUT2D eigenvalue weighted by atomic mass is 32.2. The van der Waals surface area contributed by atoms with Crippen LogP contribution in [0.5, 0.6) is 0 Å². The minimum Gasteiger partial charge on any atom is -0.408 e. The first-order valence-corrected chi connectivity index (χ1v) is 5.78. The van der Waals surface area contributed by atoms with Gasteiger partial charge >= 0.3 is 5.76 Å². The zero-order valence-electron chi connectivity index (χ0n) is 7.58. The van der Waals surface area contributed by atoms with Crippen LogP contribution in [0.2, 0.25) is 0 Å². The highest BCUT2D eigenvalue weighted by Gasteiger charge is 2.12. The predicted molar refractivity (Wildman–Crippen MR) is 53.6 cm³/mol. The van der Waals surface area contributed by atoms with Crippen LogP contribution < -0.4 is 10.9 Å². The molecule has 80 valence electrons. The van der Waals surface area contributed by atoms with E-state index in [9.17, 15) is 13.2 Å². The Kier molecular flexibility index (Phi) is 2.13. The molecule has 2 N–H and O–H groups in total. The number of nitrogens with two attached hydrogens (primary N) is 1. The molecule has 2 aromatic rings. The van der Waals surface area contributed by atoms with Crippen molar-refractivity contribution in [1.29, 1.82) is 0 Å². The van der Waals surface area contributed by atoms with Crippen molar-refractivity contribution < 1.29 is 12.8 Å². The smallest absolute Gasteiger partial charge is 0.408 e. The van der Waals surface area contributed by atoms with Crippen molar-refractivity contribution in [3.05, 3.63) is 34.8 Å². The Morgan fingerprint density at radius 1 is 1.33 bits per heavy atom. The van der Waals surface area contributed by atoms with Crippen LogP contribution in [0.25, 0.3) is 11.1 Å². The zero-order chi connectivity index (χ0) is 11.1. The minimum atomic E-state index is -3.76. The molecule has 1 aromatic heterocycles. The van der Waals surface area contributed by atoms with Gasteiger partial charge in [-0.1, -0.05) is 12.1 Å². The van der Waals surface area contributed by atoms with Crippen molar-refractivity contribution in [1.82, 2.24) is 4.57 Å². The molecular weight excluding hydrogens is 220 g/mol. The van der Waals surface area contributed by atoms with Gasteiger partial charge in [-0.25, -0.2) is 18.4 Å². The molecular formula is C8H8N2O4S. The molecule has 0 aliphatic heterocycles. The van der Waals surface area contributed by atoms with Crippen molar-refractivity contribution in [3.63, 3.8) is 0 Å². The topological polar surface area (TPSA) is 95.3 Å². The van der Waals surface area contributed by atoms with Crippen molar-refractivity contribution in [2.75, 3.05) is 0 Å². The lowest BCUT2D eigenvalue weighted by Crippen LogP contribution is -2.25. The number of hydrogen-bond donors (Lipinski definition) is 1. The van der Waals surface area contributed by atoms with Gasteiger partial charge in [0.2, 0.25) is 10.0 Å². The molecule has 0 atom stereocenters. The summed E-state index contributed by atoms with van der Waals surface area (Å²) in [5.74, 6) is -1.31. The number of benzene rings is 1. The third-order valence-corrected chi connectivity index (χ3v) is 2.50. The zero-order valence-corrected chi connectivity index (χ0v) is 8.40. The molecule has 0 aliphatic carbocycles. The van der Waals surface area contributed by atoms with Gasteiger partial charge in [-0.15, -0.1) is 0 Å². The van der Waals surface area contributed by atoms with E-state index in [0.29, 0.717) is 11.1 Å². The summed E-state index contributed by atoms with van der Waals surface area (Å²) < 4.78 is 27.6. The molecule has 0 bridgehead atoms. The van der Waals surface area contributed by atoms with E-state index in [1.54, 1.807) is 24.3 Å². The van der Waals surface area contributed by atoms with Crippen LogP contribution in [0.1, 0.15) is 0 Å². The van der Waals surface area contributed by atoms with E-state index in [-0.39, 0.29) is 0 Å². The van der Waals surface area contributed by atoms with Gasteiger partial charge in [-0.05, 0) is 12.1 Å². The number of primary sulfonamides is 1. The molecule has 0 spiro atoms. The van der Waals surface area contributed by atoms with Crippen LogP contribution in [-0.2, 0) is 15.9 Å². The van der Waals surface area contributed by atoms with Gasteiger partial charge < -0.3 is 4.42 Å². The molecule has 6 nitrogen and oxygen atoms in total. The van der Waals surface area contributed by atoms with Gasteiger partial charge in [0.15, 0.2) is 5.58 Å². The summed E-state index contributed by atoms with van der Waals surface area (Å²) in [6, 6.07) is 6.53. The Morgan fingerprint density at radius 3 is 2.67 bits per heavy atom. The normalized spacial score (nSPS) is 12.1. The average Bonchev–Trinajstić information content (AvgIpc) is 2.41. The van der Waals surface area contributed by atoms with Gasteiger partial charge in [0.25, 0.3) is 0 Å². The molecule has 0 saturated carbocycles. The van der Waals surface area contributed by atoms with Crippen LogP contribution in [0, 0.1) is 0 Å². The maximum atomic E-state index is 11.3. The molecule has 7 heteroatoms. The highest BCUT2D eigenvalue weighted by molar-refractivity contribution is 7.88. The number of sulfonamides is 1. The molecule has 15 heavy (non-hydrogen) atoms. The Balaban J connectivity index is 2.70. The second-order valence-corrected chi connectivity index (χ2v) is 4.64. The van der Waals surface area contributed by atoms with Crippen LogP contribution in [0.15, 0.2) is 33.5 Å². The van der Waals surface area contributed by atoms with Gasteiger partial charge in [-0.2, -0.15) is 0 Å². The van der Waals surface area contributed by atoms with Crippen LogP contribution in [0.3, 0.4) is 0 Å². The highest BCUT2D eigenvalue weighted by Crippen LogP contribution is 2.11. The summed E-state index contributed by atoms with van der Waals surface area (Å²) in [5.41, 5.74) is 0.752. The van der Waals surface area contributed by atoms with E-state index < -0.39 is 21.7 Å². The Labute approximate surface area is 85.0 Å². The summed E-state index contributed by atoms with van der Waals surface area (Å²) in [7, 11) is -3.76. The summed E-state index contributed by atoms with van der Waals surface area (Å²) in [5, 5.41) is 4.86. The fourth-order valence-electron chi connectivity index (χ4n) is 1.32. The predicted octanol–water partition coefficient (Wildman–Crippen LogP) is -0.159. The average molecular weight is 228 g/mol. The molecule has 0 saturated heterocycles. The number of para-hydroxylation sites is 2. The SMILES string of the molecule is NS(=O)(=O)Cn1c(=O)oc2ccccc21. The van der Waals surface area contributed by atoms with E-state index in [4.69, 9.17) is 9.56 Å². The molecule has 0 radical (unpaired) electrons. The first kappa shape index (κ1) is 9.94. The lowest BCUT2D eigenvalue weighted by molar-refractivity contribution is 0.517. The summed E-state index contributed by atoms with van der Waals surface area (Å²) in [4.78, 5) is 11.3. The summed E-state index contributed by atoms with van der Waals surface area (Å²) >= 11 is 0. The quantitative estimate of drug-likeness (QED) is 0.772. The maximum absolute atomic E-state index is 11.3. The molecule has 2 rings (SSSR count). The van der Waals surface area contributed by atoms with E-state index in [1.807, 2.05) is 0 Å². The molecule has 0 aliphatic rings. The largest absolute Gasteiger partial charge is 0.420 e. The fraction of sp³-hybridized carbons (Fsp3) is 0.125. The van der Waals surface area contributed by atoms with Gasteiger partial charge in [0.05, 0.1) is 5.52 Å². The van der Waals surface area contributed by atoms with Crippen LogP contribution >= 0.6 is 0 Å². The van der Waals surface area contributed by atoms with Crippen LogP contribution in [-0.4, -0.2) is 13.0 Å². The van der Waals surface area contributed by atoms with Crippen molar-refractivity contribution >= 4 is 21.1 Å². The molecule has 0 amide bonds. The van der Waals surface area contributed by atoms with Crippen molar-refractivity contribution in [3.8, 4) is 0 Å². The Morgan fingerprint density at radius 2 is 2.00 bits per heavy atom. The Hall–Kier alpha value is -1.60. The lowest BCUT2D eigenvalue weighted by atomic mass is 10.3. The van der Waals surface area contributed by atoms with Gasteiger partial charge in [0.1, 0.15) is 5.88 Å². The second-order valence-electron chi connectivity index (χ2n) is 3.06. The van der Waals surface area contributed by atoms with E-state index in [2.05, 4.69) is 0 Å². The third kappa shape index (κ3) is 1.92. The second kappa shape index (κ2) is 3.21. The molecule has 0 fully saturated rings. The number of nitrogens with zero attached hydrogens (tertiary/aromatic N) is 1. The summed E-state index contributed by atoms with van der Waals surface area (Å²) in [6.45, 7) is 0. The number of hydrogen-bond acceptors (Lipinski definition) is 4. The van der Waals surface area contributed by atoms with Gasteiger partial charge in [0, 0.05) is 0 Å². The van der Waals surface area contributed by atoms with Crippen molar-refractivity contribution in [2.24, 2.45) is 5.14 Å². The molecule has 1 aromatic carbocycles. The fourth-order valence-corrected chi connectivity index (χ4v) is 1.92. The summed E-state index contributed by atoms with van der Waals surface area (Å²) in [6.07, 6.45) is 0. The lowest BCUT2D eigenvalue weighted by Gasteiger charge is -1.98. The molecule has 0 unspecified atom stereocenters. The number of fused-ring (bicyclic) bond motifs is 1. The Bertz CT molecular complexity index is 653. The minimum absolute atomic E-state index is 0.339. The number of rotatable bonds is 2. The standard InChI is InChI=1S/C8H8N2O4S/c9-15(12,13)5-10-6-3-1-2-4-7(6)14-8(10)11/h1-4H,5H2,(H2,9,12,13). The first-order chi connectivity index (χ1) is 6.97. The maximum Gasteiger partial charge on any atom is 0.420 e. The van der Waals surface area contributed by atoms with Crippen molar-refractivity contribution in [2.45, 2.75) is 5.88 Å². The number of oxazole rings is 1. The van der Waals surface area contributed by atoms with Crippen LogP contribution in [0.4, 0.5) is 0 Å². The molecule has 1 heterocycles.